The number of hydrogen-bond donors (Lipinski definition) is 1. The summed E-state index contributed by atoms with van der Waals surface area (Å²) in [7, 11) is 2.94. The van der Waals surface area contributed by atoms with Crippen LogP contribution in [0.3, 0.4) is 0 Å². The van der Waals surface area contributed by atoms with Gasteiger partial charge in [0.05, 0.1) is 25.6 Å². The van der Waals surface area contributed by atoms with Crippen molar-refractivity contribution in [3.05, 3.63) is 63.2 Å². The molecule has 2 aromatic heterocycles. The summed E-state index contributed by atoms with van der Waals surface area (Å²) in [5.41, 5.74) is 2.40. The summed E-state index contributed by atoms with van der Waals surface area (Å²) in [4.78, 5) is 25.9. The molecule has 0 aliphatic carbocycles. The maximum Gasteiger partial charge on any atom is 0.341 e. The SMILES string of the molecule is COC(=O)c1cc(CNC(=O)c2cc(-c3ccc(OC)cc3)c(C)s2)oc1C. The van der Waals surface area contributed by atoms with Crippen molar-refractivity contribution in [3.8, 4) is 16.9 Å². The van der Waals surface area contributed by atoms with Crippen molar-refractivity contribution in [1.29, 1.82) is 0 Å². The number of aryl methyl sites for hydroxylation is 2. The summed E-state index contributed by atoms with van der Waals surface area (Å²) in [5.74, 6) is 1.09. The number of rotatable bonds is 6. The van der Waals surface area contributed by atoms with Crippen molar-refractivity contribution >= 4 is 23.2 Å². The van der Waals surface area contributed by atoms with Gasteiger partial charge in [-0.15, -0.1) is 11.3 Å². The van der Waals surface area contributed by atoms with E-state index in [4.69, 9.17) is 13.9 Å². The summed E-state index contributed by atoms with van der Waals surface area (Å²) < 4.78 is 15.4. The lowest BCUT2D eigenvalue weighted by Gasteiger charge is -2.02. The summed E-state index contributed by atoms with van der Waals surface area (Å²) >= 11 is 1.43. The lowest BCUT2D eigenvalue weighted by Crippen LogP contribution is -2.21. The van der Waals surface area contributed by atoms with E-state index in [0.717, 1.165) is 21.8 Å². The Bertz CT molecular complexity index is 1000. The van der Waals surface area contributed by atoms with Crippen molar-refractivity contribution in [2.24, 2.45) is 0 Å². The van der Waals surface area contributed by atoms with Gasteiger partial charge >= 0.3 is 5.97 Å². The molecule has 0 saturated carbocycles. The van der Waals surface area contributed by atoms with Crippen LogP contribution in [0.25, 0.3) is 11.1 Å². The molecule has 0 aliphatic rings. The Labute approximate surface area is 167 Å². The molecule has 0 bridgehead atoms. The molecule has 0 unspecified atom stereocenters. The summed E-state index contributed by atoms with van der Waals surface area (Å²) in [6.07, 6.45) is 0. The highest BCUT2D eigenvalue weighted by molar-refractivity contribution is 7.14. The van der Waals surface area contributed by atoms with Crippen LogP contribution in [0, 0.1) is 13.8 Å². The highest BCUT2D eigenvalue weighted by Gasteiger charge is 2.17. The third-order valence-corrected chi connectivity index (χ3v) is 5.39. The van der Waals surface area contributed by atoms with Crippen molar-refractivity contribution < 1.29 is 23.5 Å². The van der Waals surface area contributed by atoms with Gasteiger partial charge in [0, 0.05) is 4.88 Å². The number of methoxy groups -OCH3 is 2. The van der Waals surface area contributed by atoms with Gasteiger partial charge in [0.25, 0.3) is 5.91 Å². The lowest BCUT2D eigenvalue weighted by atomic mass is 10.1. The molecule has 0 radical (unpaired) electrons. The second-order valence-corrected chi connectivity index (χ2v) is 7.42. The predicted molar refractivity (Wildman–Crippen MR) is 107 cm³/mol. The Morgan fingerprint density at radius 1 is 1.11 bits per heavy atom. The van der Waals surface area contributed by atoms with Crippen molar-refractivity contribution in [1.82, 2.24) is 5.32 Å². The Morgan fingerprint density at radius 3 is 2.46 bits per heavy atom. The second-order valence-electron chi connectivity index (χ2n) is 6.17. The van der Waals surface area contributed by atoms with Crippen LogP contribution in [0.4, 0.5) is 0 Å². The van der Waals surface area contributed by atoms with Crippen LogP contribution in [0.5, 0.6) is 5.75 Å². The van der Waals surface area contributed by atoms with Crippen LogP contribution in [0.1, 0.15) is 36.4 Å². The molecule has 6 nitrogen and oxygen atoms in total. The topological polar surface area (TPSA) is 77.8 Å². The number of nitrogens with one attached hydrogen (secondary N) is 1. The number of furan rings is 1. The van der Waals surface area contributed by atoms with Crippen molar-refractivity contribution in [2.45, 2.75) is 20.4 Å². The minimum atomic E-state index is -0.461. The monoisotopic (exact) mass is 399 g/mol. The molecule has 146 valence electrons. The number of hydrogen-bond acceptors (Lipinski definition) is 6. The van der Waals surface area contributed by atoms with Gasteiger partial charge in [0.15, 0.2) is 0 Å². The summed E-state index contributed by atoms with van der Waals surface area (Å²) in [5, 5.41) is 2.83. The molecule has 1 aromatic carbocycles. The van der Waals surface area contributed by atoms with Crippen molar-refractivity contribution in [2.75, 3.05) is 14.2 Å². The summed E-state index contributed by atoms with van der Waals surface area (Å²) in [6, 6.07) is 11.2. The quantitative estimate of drug-likeness (QED) is 0.624. The van der Waals surface area contributed by atoms with Gasteiger partial charge in [-0.3, -0.25) is 4.79 Å². The molecule has 1 N–H and O–H groups in total. The standard InChI is InChI=1S/C21H21NO5S/c1-12-17(21(24)26-4)9-16(27-12)11-22-20(23)19-10-18(13(2)28-19)14-5-7-15(25-3)8-6-14/h5-10H,11H2,1-4H3,(H,22,23). The van der Waals surface area contributed by atoms with Gasteiger partial charge in [-0.25, -0.2) is 4.79 Å². The normalized spacial score (nSPS) is 10.6. The summed E-state index contributed by atoms with van der Waals surface area (Å²) in [6.45, 7) is 3.85. The highest BCUT2D eigenvalue weighted by atomic mass is 32.1. The zero-order valence-electron chi connectivity index (χ0n) is 16.1. The maximum atomic E-state index is 12.5. The predicted octanol–water partition coefficient (Wildman–Crippen LogP) is 4.35. The van der Waals surface area contributed by atoms with Crippen LogP contribution in [0.15, 0.2) is 40.8 Å². The molecule has 7 heteroatoms. The van der Waals surface area contributed by atoms with Gasteiger partial charge in [0.1, 0.15) is 22.8 Å². The molecule has 0 fully saturated rings. The molecule has 0 spiro atoms. The van der Waals surface area contributed by atoms with Crippen LogP contribution in [-0.2, 0) is 11.3 Å². The van der Waals surface area contributed by atoms with Crippen LogP contribution >= 0.6 is 11.3 Å². The minimum Gasteiger partial charge on any atom is -0.497 e. The number of amides is 1. The molecule has 3 aromatic rings. The zero-order chi connectivity index (χ0) is 20.3. The van der Waals surface area contributed by atoms with E-state index in [2.05, 4.69) is 5.32 Å². The maximum absolute atomic E-state index is 12.5. The van der Waals surface area contributed by atoms with Gasteiger partial charge in [-0.2, -0.15) is 0 Å². The highest BCUT2D eigenvalue weighted by Crippen LogP contribution is 2.32. The Morgan fingerprint density at radius 2 is 1.82 bits per heavy atom. The zero-order valence-corrected chi connectivity index (χ0v) is 16.9. The van der Waals surface area contributed by atoms with Gasteiger partial charge in [0.2, 0.25) is 0 Å². The van der Waals surface area contributed by atoms with E-state index in [1.807, 2.05) is 37.3 Å². The fourth-order valence-corrected chi connectivity index (χ4v) is 3.81. The van der Waals surface area contributed by atoms with E-state index in [9.17, 15) is 9.59 Å². The molecule has 0 aliphatic heterocycles. The van der Waals surface area contributed by atoms with E-state index < -0.39 is 5.97 Å². The first kappa shape index (κ1) is 19.7. The molecule has 0 atom stereocenters. The van der Waals surface area contributed by atoms with Gasteiger partial charge < -0.3 is 19.2 Å². The van der Waals surface area contributed by atoms with Crippen LogP contribution in [-0.4, -0.2) is 26.1 Å². The third-order valence-electron chi connectivity index (χ3n) is 4.34. The molecule has 2 heterocycles. The Hall–Kier alpha value is -3.06. The molecular formula is C21H21NO5S. The fraction of sp³-hybridized carbons (Fsp3) is 0.238. The minimum absolute atomic E-state index is 0.186. The largest absolute Gasteiger partial charge is 0.497 e. The average Bonchev–Trinajstić information content (AvgIpc) is 3.28. The number of esters is 1. The smallest absolute Gasteiger partial charge is 0.341 e. The van der Waals surface area contributed by atoms with E-state index in [1.165, 1.54) is 18.4 Å². The average molecular weight is 399 g/mol. The van der Waals surface area contributed by atoms with E-state index in [1.54, 1.807) is 20.1 Å². The Kier molecular flexibility index (Phi) is 5.84. The molecule has 0 saturated heterocycles. The van der Waals surface area contributed by atoms with Crippen LogP contribution < -0.4 is 10.1 Å². The number of benzene rings is 1. The third kappa shape index (κ3) is 4.09. The second kappa shape index (κ2) is 8.31. The van der Waals surface area contributed by atoms with E-state index in [0.29, 0.717) is 22.0 Å². The first-order chi connectivity index (χ1) is 13.4. The molecule has 3 rings (SSSR count). The van der Waals surface area contributed by atoms with Crippen LogP contribution in [0.2, 0.25) is 0 Å². The number of carbonyl (C=O) groups is 2. The van der Waals surface area contributed by atoms with Gasteiger partial charge in [-0.05, 0) is 49.2 Å². The Balaban J connectivity index is 1.70. The molecule has 28 heavy (non-hydrogen) atoms. The van der Waals surface area contributed by atoms with Crippen molar-refractivity contribution in [3.63, 3.8) is 0 Å². The number of ether oxygens (including phenoxy) is 2. The molecule has 1 amide bonds. The first-order valence-electron chi connectivity index (χ1n) is 8.63. The van der Waals surface area contributed by atoms with E-state index >= 15 is 0 Å². The number of thiophene rings is 1. The van der Waals surface area contributed by atoms with Gasteiger partial charge in [-0.1, -0.05) is 12.1 Å². The number of carbonyl (C=O) groups excluding carboxylic acids is 2. The van der Waals surface area contributed by atoms with E-state index in [-0.39, 0.29) is 12.5 Å². The molecular weight excluding hydrogens is 378 g/mol. The lowest BCUT2D eigenvalue weighted by molar-refractivity contribution is 0.0598. The first-order valence-corrected chi connectivity index (χ1v) is 9.45. The fourth-order valence-electron chi connectivity index (χ4n) is 2.85.